The minimum Gasteiger partial charge on any atom is -0.492 e. The molecule has 35 heavy (non-hydrogen) atoms. The Hall–Kier alpha value is -2.16. The smallest absolute Gasteiger partial charge is 0.246 e. The van der Waals surface area contributed by atoms with Crippen LogP contribution in [0.5, 0.6) is 5.75 Å². The number of benzene rings is 1. The zero-order valence-electron chi connectivity index (χ0n) is 20.5. The molecule has 1 aliphatic carbocycles. The van der Waals surface area contributed by atoms with Gasteiger partial charge in [0.2, 0.25) is 11.8 Å². The molecule has 2 saturated heterocycles. The van der Waals surface area contributed by atoms with E-state index in [0.29, 0.717) is 37.8 Å². The molecule has 3 aliphatic rings. The second-order valence-corrected chi connectivity index (χ2v) is 10.5. The fraction of sp³-hybridized carbons (Fsp3) is 0.615. The van der Waals surface area contributed by atoms with Gasteiger partial charge in [0.1, 0.15) is 23.9 Å². The fourth-order valence-corrected chi connectivity index (χ4v) is 5.83. The van der Waals surface area contributed by atoms with Crippen molar-refractivity contribution in [3.8, 4) is 5.75 Å². The third kappa shape index (κ3) is 5.81. The molecule has 2 atom stereocenters. The number of amides is 2. The molecule has 0 bridgehead atoms. The van der Waals surface area contributed by atoms with Crippen LogP contribution in [-0.4, -0.2) is 61.3 Å². The molecule has 2 N–H and O–H groups in total. The van der Waals surface area contributed by atoms with Gasteiger partial charge in [0.05, 0.1) is 17.2 Å². The molecule has 0 aromatic heterocycles. The van der Waals surface area contributed by atoms with Crippen molar-refractivity contribution in [3.05, 3.63) is 40.7 Å². The molecule has 4 rings (SSSR count). The summed E-state index contributed by atoms with van der Waals surface area (Å²) < 4.78 is 25.0. The molecule has 0 radical (unpaired) electrons. The predicted octanol–water partition coefficient (Wildman–Crippen LogP) is 3.81. The van der Waals surface area contributed by atoms with Gasteiger partial charge in [-0.3, -0.25) is 14.9 Å². The van der Waals surface area contributed by atoms with Crippen molar-refractivity contribution in [2.75, 3.05) is 33.4 Å². The molecular weight excluding hydrogens is 473 g/mol. The second-order valence-electron chi connectivity index (χ2n) is 10.1. The normalized spacial score (nSPS) is 29.5. The third-order valence-electron chi connectivity index (χ3n) is 7.63. The number of allylic oxidation sites excluding steroid dienone is 1. The molecule has 2 heterocycles. The van der Waals surface area contributed by atoms with E-state index in [-0.39, 0.29) is 29.3 Å². The number of piperidine rings is 1. The quantitative estimate of drug-likeness (QED) is 0.592. The highest BCUT2D eigenvalue weighted by molar-refractivity contribution is 6.32. The lowest BCUT2D eigenvalue weighted by atomic mass is 9.80. The molecule has 2 aliphatic heterocycles. The minimum atomic E-state index is -0.689. The number of morpholine rings is 1. The lowest BCUT2D eigenvalue weighted by molar-refractivity contribution is -0.192. The van der Waals surface area contributed by atoms with Crippen LogP contribution in [0.2, 0.25) is 5.02 Å². The molecule has 192 valence electrons. The van der Waals surface area contributed by atoms with E-state index in [0.717, 1.165) is 38.5 Å². The van der Waals surface area contributed by atoms with E-state index >= 15 is 0 Å². The summed E-state index contributed by atoms with van der Waals surface area (Å²) in [5, 5.41) is 6.58. The minimum absolute atomic E-state index is 0.00263. The van der Waals surface area contributed by atoms with Crippen LogP contribution in [0, 0.1) is 11.7 Å². The van der Waals surface area contributed by atoms with Crippen LogP contribution in [-0.2, 0) is 14.3 Å². The number of nitrogens with one attached hydrogen (secondary N) is 2. The molecule has 0 unspecified atom stereocenters. The van der Waals surface area contributed by atoms with E-state index in [2.05, 4.69) is 10.6 Å². The highest BCUT2D eigenvalue weighted by Gasteiger charge is 2.56. The lowest BCUT2D eigenvalue weighted by Gasteiger charge is -2.56. The molecule has 1 aromatic carbocycles. The maximum absolute atomic E-state index is 13.2. The molecule has 7 nitrogen and oxygen atoms in total. The SMILES string of the molecule is CN[C@]12CCN(C(=O)C=C3CCCC(COc4ccc(F)cc4Cl)CCC3)C[C@@]1(C)NC(=O)CO2. The van der Waals surface area contributed by atoms with Gasteiger partial charge in [0, 0.05) is 25.6 Å². The zero-order valence-corrected chi connectivity index (χ0v) is 21.3. The maximum Gasteiger partial charge on any atom is 0.246 e. The van der Waals surface area contributed by atoms with Gasteiger partial charge in [0.15, 0.2) is 0 Å². The first-order valence-corrected chi connectivity index (χ1v) is 12.8. The van der Waals surface area contributed by atoms with Crippen molar-refractivity contribution in [1.82, 2.24) is 15.5 Å². The van der Waals surface area contributed by atoms with Crippen molar-refractivity contribution < 1.29 is 23.5 Å². The summed E-state index contributed by atoms with van der Waals surface area (Å²) >= 11 is 6.07. The standard InChI is InChI=1S/C26H35ClFN3O4/c1-25-17-31(12-11-26(25,29-2)35-16-23(32)30-25)24(33)13-18-5-3-7-19(8-4-6-18)15-34-22-10-9-20(28)14-21(22)27/h9-10,13-14,19,29H,3-8,11-12,15-17H2,1-2H3,(H,30,32)/t19?,25-,26+/m1/s1. The Bertz CT molecular complexity index is 977. The van der Waals surface area contributed by atoms with Crippen LogP contribution in [0.25, 0.3) is 0 Å². The van der Waals surface area contributed by atoms with Gasteiger partial charge in [0.25, 0.3) is 0 Å². The summed E-state index contributed by atoms with van der Waals surface area (Å²) in [5.41, 5.74) is -0.179. The Kier molecular flexibility index (Phi) is 8.03. The number of ether oxygens (including phenoxy) is 2. The van der Waals surface area contributed by atoms with Gasteiger partial charge >= 0.3 is 0 Å². The van der Waals surface area contributed by atoms with Crippen LogP contribution >= 0.6 is 11.6 Å². The summed E-state index contributed by atoms with van der Waals surface area (Å²) in [4.78, 5) is 27.0. The highest BCUT2D eigenvalue weighted by atomic mass is 35.5. The van der Waals surface area contributed by atoms with Gasteiger partial charge in [-0.2, -0.15) is 0 Å². The summed E-state index contributed by atoms with van der Waals surface area (Å²) in [6.07, 6.45) is 8.13. The number of carbonyl (C=O) groups excluding carboxylic acids is 2. The summed E-state index contributed by atoms with van der Waals surface area (Å²) in [7, 11) is 1.83. The van der Waals surface area contributed by atoms with Gasteiger partial charge in [-0.1, -0.05) is 17.2 Å². The second kappa shape index (κ2) is 10.8. The molecule has 0 spiro atoms. The molecular formula is C26H35ClFN3O4. The molecule has 9 heteroatoms. The van der Waals surface area contributed by atoms with E-state index in [9.17, 15) is 14.0 Å². The third-order valence-corrected chi connectivity index (χ3v) is 7.92. The average molecular weight is 508 g/mol. The number of nitrogens with zero attached hydrogens (tertiary/aromatic N) is 1. The molecule has 2 amide bonds. The number of hydrogen-bond donors (Lipinski definition) is 2. The maximum atomic E-state index is 13.2. The molecule has 1 saturated carbocycles. The Balaban J connectivity index is 1.30. The van der Waals surface area contributed by atoms with Gasteiger partial charge in [-0.25, -0.2) is 4.39 Å². The molecule has 3 fully saturated rings. The number of hydrogen-bond acceptors (Lipinski definition) is 5. The highest BCUT2D eigenvalue weighted by Crippen LogP contribution is 2.35. The zero-order chi connectivity index (χ0) is 25.1. The van der Waals surface area contributed by atoms with Crippen molar-refractivity contribution >= 4 is 23.4 Å². The van der Waals surface area contributed by atoms with Crippen LogP contribution in [0.1, 0.15) is 51.9 Å². The van der Waals surface area contributed by atoms with Crippen molar-refractivity contribution in [1.29, 1.82) is 0 Å². The monoisotopic (exact) mass is 507 g/mol. The fourth-order valence-electron chi connectivity index (χ4n) is 5.60. The number of likely N-dealkylation sites (tertiary alicyclic amines) is 1. The van der Waals surface area contributed by atoms with Gasteiger partial charge in [-0.15, -0.1) is 0 Å². The Labute approximate surface area is 211 Å². The number of halogens is 2. The predicted molar refractivity (Wildman–Crippen MR) is 132 cm³/mol. The first-order chi connectivity index (χ1) is 16.7. The first-order valence-electron chi connectivity index (χ1n) is 12.4. The van der Waals surface area contributed by atoms with Crippen molar-refractivity contribution in [3.63, 3.8) is 0 Å². The summed E-state index contributed by atoms with van der Waals surface area (Å²) in [5.74, 6) is 0.376. The summed E-state index contributed by atoms with van der Waals surface area (Å²) in [6, 6.07) is 4.18. The van der Waals surface area contributed by atoms with Crippen molar-refractivity contribution in [2.45, 2.75) is 63.1 Å². The Morgan fingerprint density at radius 2 is 2.11 bits per heavy atom. The first kappa shape index (κ1) is 25.9. The van der Waals surface area contributed by atoms with E-state index in [1.165, 1.54) is 17.7 Å². The van der Waals surface area contributed by atoms with E-state index < -0.39 is 11.3 Å². The van der Waals surface area contributed by atoms with Crippen LogP contribution in [0.4, 0.5) is 4.39 Å². The van der Waals surface area contributed by atoms with Gasteiger partial charge in [-0.05, 0) is 76.6 Å². The van der Waals surface area contributed by atoms with E-state index in [1.807, 2.05) is 18.9 Å². The van der Waals surface area contributed by atoms with E-state index in [1.54, 1.807) is 12.1 Å². The number of carbonyl (C=O) groups is 2. The number of fused-ring (bicyclic) bond motifs is 1. The summed E-state index contributed by atoms with van der Waals surface area (Å²) in [6.45, 7) is 3.48. The van der Waals surface area contributed by atoms with Crippen LogP contribution in [0.3, 0.4) is 0 Å². The topological polar surface area (TPSA) is 79.9 Å². The Morgan fingerprint density at radius 1 is 1.37 bits per heavy atom. The Morgan fingerprint density at radius 3 is 2.80 bits per heavy atom. The molecule has 1 aromatic rings. The number of likely N-dealkylation sites (N-methyl/N-ethyl adjacent to an activating group) is 1. The van der Waals surface area contributed by atoms with Crippen LogP contribution in [0.15, 0.2) is 29.8 Å². The van der Waals surface area contributed by atoms with Crippen LogP contribution < -0.4 is 15.4 Å². The van der Waals surface area contributed by atoms with Crippen molar-refractivity contribution in [2.24, 2.45) is 5.92 Å². The number of rotatable bonds is 5. The van der Waals surface area contributed by atoms with E-state index in [4.69, 9.17) is 21.1 Å². The lowest BCUT2D eigenvalue weighted by Crippen LogP contribution is -2.79. The largest absolute Gasteiger partial charge is 0.492 e. The average Bonchev–Trinajstić information content (AvgIpc) is 2.80. The van der Waals surface area contributed by atoms with Gasteiger partial charge < -0.3 is 19.7 Å².